The van der Waals surface area contributed by atoms with Crippen molar-refractivity contribution in [2.45, 2.75) is 44.2 Å². The molecule has 1 aliphatic carbocycles. The fourth-order valence-corrected chi connectivity index (χ4v) is 4.68. The molecule has 0 radical (unpaired) electrons. The van der Waals surface area contributed by atoms with Crippen molar-refractivity contribution in [3.8, 4) is 0 Å². The lowest BCUT2D eigenvalue weighted by Crippen LogP contribution is -2.44. The first-order valence-electron chi connectivity index (χ1n) is 6.62. The molecule has 0 spiro atoms. The standard InChI is InChI=1S/C12H22N2O3S/c1-14(11-4-2-10(13)3-5-11)12(15)9-6-7-18(16,17)8-9/h9-11H,2-8,13H2,1H3. The van der Waals surface area contributed by atoms with Crippen LogP contribution in [0, 0.1) is 5.92 Å². The molecule has 1 saturated carbocycles. The zero-order chi connectivity index (χ0) is 13.3. The number of hydrogen-bond acceptors (Lipinski definition) is 4. The van der Waals surface area contributed by atoms with E-state index < -0.39 is 9.84 Å². The van der Waals surface area contributed by atoms with Crippen LogP contribution in [0.15, 0.2) is 0 Å². The second-order valence-corrected chi connectivity index (χ2v) is 7.85. The Morgan fingerprint density at radius 2 is 1.78 bits per heavy atom. The van der Waals surface area contributed by atoms with Crippen molar-refractivity contribution in [2.24, 2.45) is 11.7 Å². The first-order chi connectivity index (χ1) is 8.39. The number of rotatable bonds is 2. The molecule has 0 aromatic carbocycles. The van der Waals surface area contributed by atoms with Crippen molar-refractivity contribution >= 4 is 15.7 Å². The maximum absolute atomic E-state index is 12.2. The highest BCUT2D eigenvalue weighted by Gasteiger charge is 2.36. The van der Waals surface area contributed by atoms with Gasteiger partial charge in [-0.2, -0.15) is 0 Å². The molecule has 1 amide bonds. The zero-order valence-electron chi connectivity index (χ0n) is 10.8. The lowest BCUT2D eigenvalue weighted by atomic mass is 9.90. The van der Waals surface area contributed by atoms with Crippen LogP contribution < -0.4 is 5.73 Å². The van der Waals surface area contributed by atoms with Gasteiger partial charge < -0.3 is 10.6 Å². The number of nitrogens with two attached hydrogens (primary N) is 1. The van der Waals surface area contributed by atoms with Crippen LogP contribution in [0.2, 0.25) is 0 Å². The Balaban J connectivity index is 1.93. The van der Waals surface area contributed by atoms with Crippen LogP contribution in [0.1, 0.15) is 32.1 Å². The van der Waals surface area contributed by atoms with Gasteiger partial charge in [0.25, 0.3) is 0 Å². The third-order valence-corrected chi connectivity index (χ3v) is 5.99. The van der Waals surface area contributed by atoms with E-state index in [1.165, 1.54) is 0 Å². The molecule has 1 saturated heterocycles. The second kappa shape index (κ2) is 5.17. The largest absolute Gasteiger partial charge is 0.343 e. The highest BCUT2D eigenvalue weighted by atomic mass is 32.2. The van der Waals surface area contributed by atoms with E-state index in [1.54, 1.807) is 11.9 Å². The first-order valence-corrected chi connectivity index (χ1v) is 8.44. The molecule has 5 nitrogen and oxygen atoms in total. The van der Waals surface area contributed by atoms with E-state index in [0.29, 0.717) is 6.42 Å². The number of sulfone groups is 1. The molecule has 0 bridgehead atoms. The number of hydrogen-bond donors (Lipinski definition) is 1. The Bertz CT molecular complexity index is 413. The van der Waals surface area contributed by atoms with Crippen LogP contribution in [0.25, 0.3) is 0 Å². The number of carbonyl (C=O) groups excluding carboxylic acids is 1. The predicted molar refractivity (Wildman–Crippen MR) is 69.8 cm³/mol. The Hall–Kier alpha value is -0.620. The first kappa shape index (κ1) is 13.8. The van der Waals surface area contributed by atoms with E-state index in [-0.39, 0.29) is 35.4 Å². The van der Waals surface area contributed by atoms with Gasteiger partial charge in [0.2, 0.25) is 5.91 Å². The SMILES string of the molecule is CN(C(=O)C1CCS(=O)(=O)C1)C1CCC(N)CC1. The van der Waals surface area contributed by atoms with Gasteiger partial charge in [-0.15, -0.1) is 0 Å². The molecule has 0 aromatic heterocycles. The van der Waals surface area contributed by atoms with Gasteiger partial charge in [-0.1, -0.05) is 0 Å². The van der Waals surface area contributed by atoms with Crippen molar-refractivity contribution in [3.05, 3.63) is 0 Å². The highest BCUT2D eigenvalue weighted by Crippen LogP contribution is 2.25. The maximum atomic E-state index is 12.2. The van der Waals surface area contributed by atoms with Crippen LogP contribution in [-0.2, 0) is 14.6 Å². The average Bonchev–Trinajstić information content (AvgIpc) is 2.69. The summed E-state index contributed by atoms with van der Waals surface area (Å²) < 4.78 is 22.8. The summed E-state index contributed by atoms with van der Waals surface area (Å²) in [5, 5.41) is 0. The van der Waals surface area contributed by atoms with Gasteiger partial charge in [0, 0.05) is 19.1 Å². The minimum atomic E-state index is -2.98. The minimum absolute atomic E-state index is 0.00320. The van der Waals surface area contributed by atoms with Gasteiger partial charge in [-0.05, 0) is 32.1 Å². The van der Waals surface area contributed by atoms with Crippen LogP contribution in [0.3, 0.4) is 0 Å². The summed E-state index contributed by atoms with van der Waals surface area (Å²) in [7, 11) is -1.18. The van der Waals surface area contributed by atoms with E-state index in [0.717, 1.165) is 25.7 Å². The second-order valence-electron chi connectivity index (χ2n) is 5.62. The average molecular weight is 274 g/mol. The van der Waals surface area contributed by atoms with Gasteiger partial charge in [0.15, 0.2) is 9.84 Å². The molecule has 2 aliphatic rings. The molecule has 1 unspecified atom stereocenters. The van der Waals surface area contributed by atoms with Crippen LogP contribution in [-0.4, -0.2) is 49.9 Å². The molecule has 2 rings (SSSR count). The monoisotopic (exact) mass is 274 g/mol. The van der Waals surface area contributed by atoms with Gasteiger partial charge in [0.1, 0.15) is 0 Å². The zero-order valence-corrected chi connectivity index (χ0v) is 11.7. The van der Waals surface area contributed by atoms with E-state index in [2.05, 4.69) is 0 Å². The summed E-state index contributed by atoms with van der Waals surface area (Å²) >= 11 is 0. The molecule has 2 N–H and O–H groups in total. The van der Waals surface area contributed by atoms with Crippen molar-refractivity contribution in [1.29, 1.82) is 0 Å². The molecule has 6 heteroatoms. The van der Waals surface area contributed by atoms with Crippen LogP contribution in [0.4, 0.5) is 0 Å². The van der Waals surface area contributed by atoms with Crippen molar-refractivity contribution < 1.29 is 13.2 Å². The number of nitrogens with zero attached hydrogens (tertiary/aromatic N) is 1. The summed E-state index contributed by atoms with van der Waals surface area (Å²) in [6.07, 6.45) is 4.25. The molecule has 2 fully saturated rings. The molecular weight excluding hydrogens is 252 g/mol. The highest BCUT2D eigenvalue weighted by molar-refractivity contribution is 7.91. The topological polar surface area (TPSA) is 80.5 Å². The van der Waals surface area contributed by atoms with E-state index in [9.17, 15) is 13.2 Å². The van der Waals surface area contributed by atoms with Crippen LogP contribution in [0.5, 0.6) is 0 Å². The van der Waals surface area contributed by atoms with Gasteiger partial charge >= 0.3 is 0 Å². The van der Waals surface area contributed by atoms with Gasteiger partial charge in [-0.25, -0.2) is 8.42 Å². The van der Waals surface area contributed by atoms with E-state index in [1.807, 2.05) is 0 Å². The predicted octanol–water partition coefficient (Wildman–Crippen LogP) is 0.149. The van der Waals surface area contributed by atoms with Gasteiger partial charge in [0.05, 0.1) is 17.4 Å². The molecule has 0 aromatic rings. The van der Waals surface area contributed by atoms with E-state index in [4.69, 9.17) is 5.73 Å². The lowest BCUT2D eigenvalue weighted by Gasteiger charge is -2.34. The third kappa shape index (κ3) is 3.03. The molecular formula is C12H22N2O3S. The molecule has 1 atom stereocenters. The van der Waals surface area contributed by atoms with E-state index >= 15 is 0 Å². The number of carbonyl (C=O) groups is 1. The van der Waals surface area contributed by atoms with Gasteiger partial charge in [-0.3, -0.25) is 4.79 Å². The Morgan fingerprint density at radius 3 is 2.28 bits per heavy atom. The lowest BCUT2D eigenvalue weighted by molar-refractivity contribution is -0.136. The fraction of sp³-hybridized carbons (Fsp3) is 0.917. The summed E-state index contributed by atoms with van der Waals surface area (Å²) in [4.78, 5) is 14.0. The number of amides is 1. The third-order valence-electron chi connectivity index (χ3n) is 4.22. The Morgan fingerprint density at radius 1 is 1.17 bits per heavy atom. The Kier molecular flexibility index (Phi) is 3.96. The minimum Gasteiger partial charge on any atom is -0.343 e. The maximum Gasteiger partial charge on any atom is 0.226 e. The fourth-order valence-electron chi connectivity index (χ4n) is 2.95. The van der Waals surface area contributed by atoms with Crippen molar-refractivity contribution in [2.75, 3.05) is 18.6 Å². The molecule has 18 heavy (non-hydrogen) atoms. The Labute approximate surface area is 109 Å². The normalized spacial score (nSPS) is 35.3. The summed E-state index contributed by atoms with van der Waals surface area (Å²) in [5.74, 6) is -0.137. The summed E-state index contributed by atoms with van der Waals surface area (Å²) in [6.45, 7) is 0. The molecule has 1 heterocycles. The summed E-state index contributed by atoms with van der Waals surface area (Å²) in [6, 6.07) is 0.497. The quantitative estimate of drug-likeness (QED) is 0.777. The molecule has 104 valence electrons. The smallest absolute Gasteiger partial charge is 0.226 e. The van der Waals surface area contributed by atoms with Crippen molar-refractivity contribution in [1.82, 2.24) is 4.90 Å². The van der Waals surface area contributed by atoms with Crippen LogP contribution >= 0.6 is 0 Å². The van der Waals surface area contributed by atoms with Crippen molar-refractivity contribution in [3.63, 3.8) is 0 Å². The summed E-state index contributed by atoms with van der Waals surface area (Å²) in [5.41, 5.74) is 5.85. The molecule has 1 aliphatic heterocycles.